The second kappa shape index (κ2) is 6.59. The number of halogens is 3. The van der Waals surface area contributed by atoms with Gasteiger partial charge in [-0.3, -0.25) is 9.69 Å². The number of amides is 1. The zero-order valence-corrected chi connectivity index (χ0v) is 13.4. The second-order valence-electron chi connectivity index (χ2n) is 6.58. The lowest BCUT2D eigenvalue weighted by Gasteiger charge is -2.36. The molecular formula is C18H21F3N2O. The predicted molar refractivity (Wildman–Crippen MR) is 85.1 cm³/mol. The molecule has 0 radical (unpaired) electrons. The molecule has 2 heterocycles. The van der Waals surface area contributed by atoms with Gasteiger partial charge in [-0.25, -0.2) is 0 Å². The Bertz CT molecular complexity index is 612. The van der Waals surface area contributed by atoms with E-state index in [0.29, 0.717) is 19.0 Å². The molecule has 3 rings (SSSR count). The van der Waals surface area contributed by atoms with Gasteiger partial charge in [0.05, 0.1) is 5.56 Å². The van der Waals surface area contributed by atoms with Gasteiger partial charge in [-0.15, -0.1) is 0 Å². The van der Waals surface area contributed by atoms with Crippen LogP contribution in [0.2, 0.25) is 0 Å². The Labute approximate surface area is 139 Å². The molecule has 1 amide bonds. The molecule has 2 fully saturated rings. The van der Waals surface area contributed by atoms with Crippen LogP contribution in [0.5, 0.6) is 0 Å². The molecule has 24 heavy (non-hydrogen) atoms. The lowest BCUT2D eigenvalue weighted by Crippen LogP contribution is -2.44. The molecule has 0 aromatic heterocycles. The Morgan fingerprint density at radius 1 is 1.25 bits per heavy atom. The van der Waals surface area contributed by atoms with Gasteiger partial charge < -0.3 is 4.90 Å². The third kappa shape index (κ3) is 3.48. The van der Waals surface area contributed by atoms with Crippen LogP contribution in [0.4, 0.5) is 13.2 Å². The summed E-state index contributed by atoms with van der Waals surface area (Å²) >= 11 is 0. The van der Waals surface area contributed by atoms with Crippen molar-refractivity contribution in [1.82, 2.24) is 9.80 Å². The van der Waals surface area contributed by atoms with E-state index in [2.05, 4.69) is 11.5 Å². The summed E-state index contributed by atoms with van der Waals surface area (Å²) in [6, 6.07) is 5.66. The number of hydrogen-bond acceptors (Lipinski definition) is 2. The molecule has 2 aliphatic rings. The van der Waals surface area contributed by atoms with Crippen molar-refractivity contribution < 1.29 is 18.0 Å². The van der Waals surface area contributed by atoms with Gasteiger partial charge >= 0.3 is 6.18 Å². The number of piperidine rings is 1. The van der Waals surface area contributed by atoms with Crippen LogP contribution < -0.4 is 0 Å². The van der Waals surface area contributed by atoms with Gasteiger partial charge in [0, 0.05) is 25.7 Å². The van der Waals surface area contributed by atoms with E-state index >= 15 is 0 Å². The number of carbonyl (C=O) groups is 1. The summed E-state index contributed by atoms with van der Waals surface area (Å²) in [6.07, 6.45) is -0.809. The number of carbonyl (C=O) groups excluding carboxylic acids is 1. The summed E-state index contributed by atoms with van der Waals surface area (Å²) in [7, 11) is 0. The van der Waals surface area contributed by atoms with E-state index in [-0.39, 0.29) is 11.9 Å². The number of hydrogen-bond donors (Lipinski definition) is 0. The largest absolute Gasteiger partial charge is 0.416 e. The number of rotatable bonds is 3. The maximum Gasteiger partial charge on any atom is 0.416 e. The molecule has 0 N–H and O–H groups in total. The average molecular weight is 338 g/mol. The molecular weight excluding hydrogens is 317 g/mol. The van der Waals surface area contributed by atoms with Gasteiger partial charge in [0.15, 0.2) is 0 Å². The Kier molecular flexibility index (Phi) is 4.67. The van der Waals surface area contributed by atoms with Crippen molar-refractivity contribution in [3.05, 3.63) is 48.0 Å². The SMILES string of the molecule is C=CC(=O)N1CC2CCCN(Cc3ccc(C(F)(F)F)cc3)[C@@H]2C1. The third-order valence-electron chi connectivity index (χ3n) is 5.05. The van der Waals surface area contributed by atoms with Crippen molar-refractivity contribution in [1.29, 1.82) is 0 Å². The van der Waals surface area contributed by atoms with Gasteiger partial charge in [0.1, 0.15) is 0 Å². The summed E-state index contributed by atoms with van der Waals surface area (Å²) in [5, 5.41) is 0. The van der Waals surface area contributed by atoms with Gasteiger partial charge in [0.25, 0.3) is 0 Å². The first-order valence-electron chi connectivity index (χ1n) is 8.20. The maximum absolute atomic E-state index is 12.7. The molecule has 1 unspecified atom stereocenters. The van der Waals surface area contributed by atoms with Crippen LogP contribution in [0.15, 0.2) is 36.9 Å². The predicted octanol–water partition coefficient (Wildman–Crippen LogP) is 3.31. The van der Waals surface area contributed by atoms with E-state index < -0.39 is 11.7 Å². The molecule has 0 aliphatic carbocycles. The second-order valence-corrected chi connectivity index (χ2v) is 6.58. The highest BCUT2D eigenvalue weighted by Crippen LogP contribution is 2.33. The topological polar surface area (TPSA) is 23.6 Å². The van der Waals surface area contributed by atoms with Crippen molar-refractivity contribution in [2.75, 3.05) is 19.6 Å². The van der Waals surface area contributed by atoms with Gasteiger partial charge in [-0.1, -0.05) is 18.7 Å². The van der Waals surface area contributed by atoms with Crippen LogP contribution in [0.1, 0.15) is 24.0 Å². The number of benzene rings is 1. The van der Waals surface area contributed by atoms with E-state index in [4.69, 9.17) is 0 Å². The number of likely N-dealkylation sites (tertiary alicyclic amines) is 2. The lowest BCUT2D eigenvalue weighted by molar-refractivity contribution is -0.137. The first-order chi connectivity index (χ1) is 11.4. The van der Waals surface area contributed by atoms with Crippen molar-refractivity contribution in [2.45, 2.75) is 31.6 Å². The summed E-state index contributed by atoms with van der Waals surface area (Å²) in [6.45, 7) is 6.50. The van der Waals surface area contributed by atoms with Crippen LogP contribution in [0.25, 0.3) is 0 Å². The minimum atomic E-state index is -4.30. The smallest absolute Gasteiger partial charge is 0.337 e. The van der Waals surface area contributed by atoms with Crippen LogP contribution in [0, 0.1) is 5.92 Å². The Morgan fingerprint density at radius 3 is 2.58 bits per heavy atom. The van der Waals surface area contributed by atoms with E-state index in [1.165, 1.54) is 6.08 Å². The molecule has 1 aromatic carbocycles. The molecule has 2 atom stereocenters. The molecule has 130 valence electrons. The first kappa shape index (κ1) is 17.0. The van der Waals surface area contributed by atoms with Crippen molar-refractivity contribution in [2.24, 2.45) is 5.92 Å². The fourth-order valence-electron chi connectivity index (χ4n) is 3.81. The van der Waals surface area contributed by atoms with Gasteiger partial charge in [-0.2, -0.15) is 13.2 Å². The first-order valence-corrected chi connectivity index (χ1v) is 8.20. The molecule has 3 nitrogen and oxygen atoms in total. The number of alkyl halides is 3. The van der Waals surface area contributed by atoms with Crippen LogP contribution in [0.3, 0.4) is 0 Å². The lowest BCUT2D eigenvalue weighted by atomic mass is 9.91. The van der Waals surface area contributed by atoms with Crippen molar-refractivity contribution in [3.63, 3.8) is 0 Å². The zero-order valence-electron chi connectivity index (χ0n) is 13.4. The van der Waals surface area contributed by atoms with Crippen LogP contribution >= 0.6 is 0 Å². The van der Waals surface area contributed by atoms with Crippen LogP contribution in [-0.4, -0.2) is 41.4 Å². The quantitative estimate of drug-likeness (QED) is 0.790. The molecule has 2 aliphatic heterocycles. The van der Waals surface area contributed by atoms with E-state index in [1.54, 1.807) is 12.1 Å². The Hall–Kier alpha value is -1.82. The van der Waals surface area contributed by atoms with Crippen LogP contribution in [-0.2, 0) is 17.5 Å². The third-order valence-corrected chi connectivity index (χ3v) is 5.05. The van der Waals surface area contributed by atoms with E-state index in [0.717, 1.165) is 43.6 Å². The molecule has 0 bridgehead atoms. The fourth-order valence-corrected chi connectivity index (χ4v) is 3.81. The standard InChI is InChI=1S/C18H21F3N2O/c1-2-17(24)23-11-14-4-3-9-22(16(14)12-23)10-13-5-7-15(8-6-13)18(19,20)21/h2,5-8,14,16H,1,3-4,9-12H2/t14?,16-/m1/s1. The molecule has 0 saturated carbocycles. The average Bonchev–Trinajstić information content (AvgIpc) is 2.99. The molecule has 2 saturated heterocycles. The zero-order chi connectivity index (χ0) is 17.3. The molecule has 1 aromatic rings. The molecule has 0 spiro atoms. The molecule has 6 heteroatoms. The van der Waals surface area contributed by atoms with Gasteiger partial charge in [0.2, 0.25) is 5.91 Å². The van der Waals surface area contributed by atoms with Crippen molar-refractivity contribution >= 4 is 5.91 Å². The highest BCUT2D eigenvalue weighted by molar-refractivity contribution is 5.87. The number of fused-ring (bicyclic) bond motifs is 1. The highest BCUT2D eigenvalue weighted by atomic mass is 19.4. The Balaban J connectivity index is 1.68. The summed E-state index contributed by atoms with van der Waals surface area (Å²) in [5.74, 6) is 0.399. The summed E-state index contributed by atoms with van der Waals surface area (Å²) in [4.78, 5) is 16.0. The Morgan fingerprint density at radius 2 is 1.96 bits per heavy atom. The minimum Gasteiger partial charge on any atom is -0.337 e. The normalized spacial score (nSPS) is 24.7. The van der Waals surface area contributed by atoms with E-state index in [1.807, 2.05) is 4.90 Å². The van der Waals surface area contributed by atoms with Crippen molar-refractivity contribution in [3.8, 4) is 0 Å². The highest BCUT2D eigenvalue weighted by Gasteiger charge is 2.40. The summed E-state index contributed by atoms with van der Waals surface area (Å²) < 4.78 is 38.0. The fraction of sp³-hybridized carbons (Fsp3) is 0.500. The number of nitrogens with zero attached hydrogens (tertiary/aromatic N) is 2. The van der Waals surface area contributed by atoms with Gasteiger partial charge in [-0.05, 0) is 49.1 Å². The minimum absolute atomic E-state index is 0.0427. The maximum atomic E-state index is 12.7. The van der Waals surface area contributed by atoms with E-state index in [9.17, 15) is 18.0 Å². The summed E-state index contributed by atoms with van der Waals surface area (Å²) in [5.41, 5.74) is 0.253. The monoisotopic (exact) mass is 338 g/mol.